The Bertz CT molecular complexity index is 1380. The lowest BCUT2D eigenvalue weighted by atomic mass is 9.81. The van der Waals surface area contributed by atoms with Crippen LogP contribution in [0.4, 0.5) is 0 Å². The zero-order valence-corrected chi connectivity index (χ0v) is 30.8. The fraction of sp³-hybridized carbons (Fsp3) is 0.875. The molecule has 0 saturated carbocycles. The largest absolute Gasteiger partial charge is 0.392 e. The van der Waals surface area contributed by atoms with Crippen LogP contribution in [0.2, 0.25) is 0 Å². The van der Waals surface area contributed by atoms with E-state index in [9.17, 15) is 9.90 Å². The highest BCUT2D eigenvalue weighted by Gasteiger charge is 2.68. The zero-order valence-electron chi connectivity index (χ0n) is 30.8. The minimum Gasteiger partial charge on any atom is -0.392 e. The van der Waals surface area contributed by atoms with Crippen LogP contribution in [0.5, 0.6) is 0 Å². The maximum Gasteiger partial charge on any atom is 0.172 e. The monoisotopic (exact) mass is 729 g/mol. The highest BCUT2D eigenvalue weighted by Crippen LogP contribution is 2.54. The molecule has 10 heterocycles. The number of fused-ring (bicyclic) bond motifs is 6. The Morgan fingerprint density at radius 1 is 0.808 bits per heavy atom. The number of methoxy groups -OCH3 is 1. The summed E-state index contributed by atoms with van der Waals surface area (Å²) in [5, 5.41) is 10.5. The number of carbonyl (C=O) groups excluding carboxylic acids is 1. The lowest BCUT2D eigenvalue weighted by Crippen LogP contribution is -2.61. The first-order chi connectivity index (χ1) is 25.1. The summed E-state index contributed by atoms with van der Waals surface area (Å²) in [7, 11) is 1.66. The van der Waals surface area contributed by atoms with Gasteiger partial charge in [-0.15, -0.1) is 0 Å². The van der Waals surface area contributed by atoms with Crippen LogP contribution in [0, 0.1) is 11.8 Å². The first-order valence-electron chi connectivity index (χ1n) is 20.2. The molecular weight excluding hydrogens is 670 g/mol. The van der Waals surface area contributed by atoms with Crippen LogP contribution in [-0.2, 0) is 47.4 Å². The van der Waals surface area contributed by atoms with Gasteiger partial charge in [0.25, 0.3) is 0 Å². The molecule has 12 heteroatoms. The molecule has 0 aromatic heterocycles. The van der Waals surface area contributed by atoms with Crippen LogP contribution < -0.4 is 5.73 Å². The summed E-state index contributed by atoms with van der Waals surface area (Å²) < 4.78 is 60.0. The summed E-state index contributed by atoms with van der Waals surface area (Å²) in [5.41, 5.74) is 8.01. The Kier molecular flexibility index (Phi) is 10.0. The van der Waals surface area contributed by atoms with Crippen molar-refractivity contribution in [3.8, 4) is 0 Å². The molecule has 10 aliphatic heterocycles. The van der Waals surface area contributed by atoms with E-state index >= 15 is 0 Å². The third kappa shape index (κ3) is 6.59. The number of hydrogen-bond donors (Lipinski definition) is 2. The van der Waals surface area contributed by atoms with Gasteiger partial charge >= 0.3 is 0 Å². The average molecular weight is 730 g/mol. The van der Waals surface area contributed by atoms with Crippen molar-refractivity contribution in [3.05, 3.63) is 24.3 Å². The van der Waals surface area contributed by atoms with Crippen molar-refractivity contribution in [1.29, 1.82) is 0 Å². The molecule has 10 saturated heterocycles. The summed E-state index contributed by atoms with van der Waals surface area (Å²) in [5.74, 6) is -0.619. The molecule has 19 atom stereocenters. The summed E-state index contributed by atoms with van der Waals surface area (Å²) in [6.07, 6.45) is 4.85. The van der Waals surface area contributed by atoms with Gasteiger partial charge in [-0.3, -0.25) is 4.79 Å². The first-order valence-corrected chi connectivity index (χ1v) is 20.2. The van der Waals surface area contributed by atoms with E-state index in [-0.39, 0.29) is 122 Å². The second kappa shape index (κ2) is 14.3. The molecular formula is C40H59NO11. The molecule has 0 aromatic carbocycles. The normalized spacial score (nSPS) is 52.4. The number of ketones is 1. The van der Waals surface area contributed by atoms with Gasteiger partial charge in [0.15, 0.2) is 5.79 Å². The van der Waals surface area contributed by atoms with Crippen molar-refractivity contribution in [2.24, 2.45) is 17.6 Å². The average Bonchev–Trinajstić information content (AvgIpc) is 3.79. The number of aliphatic hydroxyl groups excluding tert-OH is 1. The Labute approximate surface area is 307 Å². The summed E-state index contributed by atoms with van der Waals surface area (Å²) in [6, 6.07) is 0. The van der Waals surface area contributed by atoms with Crippen LogP contribution in [0.1, 0.15) is 90.4 Å². The fourth-order valence-corrected chi connectivity index (χ4v) is 11.3. The number of ether oxygens (including phenoxy) is 9. The maximum absolute atomic E-state index is 14.1. The molecule has 0 aromatic rings. The molecule has 52 heavy (non-hydrogen) atoms. The van der Waals surface area contributed by atoms with Gasteiger partial charge in [0, 0.05) is 58.1 Å². The molecule has 0 amide bonds. The predicted molar refractivity (Wildman–Crippen MR) is 186 cm³/mol. The van der Waals surface area contributed by atoms with E-state index in [1.54, 1.807) is 7.11 Å². The molecule has 1 spiro atoms. The van der Waals surface area contributed by atoms with Crippen molar-refractivity contribution in [1.82, 2.24) is 0 Å². The predicted octanol–water partition coefficient (Wildman–Crippen LogP) is 3.44. The third-order valence-electron chi connectivity index (χ3n) is 14.0. The molecule has 0 radical (unpaired) electrons. The van der Waals surface area contributed by atoms with Crippen molar-refractivity contribution in [2.45, 2.75) is 194 Å². The van der Waals surface area contributed by atoms with Crippen LogP contribution in [0.15, 0.2) is 24.3 Å². The number of hydrogen-bond acceptors (Lipinski definition) is 12. The smallest absolute Gasteiger partial charge is 0.172 e. The number of rotatable bonds is 4. The highest BCUT2D eigenvalue weighted by atomic mass is 16.8. The molecule has 10 fully saturated rings. The molecule has 290 valence electrons. The molecule has 1 unspecified atom stereocenters. The van der Waals surface area contributed by atoms with Crippen LogP contribution in [0.3, 0.4) is 0 Å². The van der Waals surface area contributed by atoms with Gasteiger partial charge in [-0.05, 0) is 62.0 Å². The van der Waals surface area contributed by atoms with Crippen LogP contribution >= 0.6 is 0 Å². The minimum absolute atomic E-state index is 0.0158. The van der Waals surface area contributed by atoms with Gasteiger partial charge in [0.1, 0.15) is 36.3 Å². The highest BCUT2D eigenvalue weighted by molar-refractivity contribution is 5.79. The van der Waals surface area contributed by atoms with E-state index in [1.807, 2.05) is 0 Å². The summed E-state index contributed by atoms with van der Waals surface area (Å²) in [4.78, 5) is 14.1. The van der Waals surface area contributed by atoms with Gasteiger partial charge in [-0.25, -0.2) is 0 Å². The van der Waals surface area contributed by atoms with E-state index in [0.29, 0.717) is 25.7 Å². The Balaban J connectivity index is 0.994. The maximum atomic E-state index is 14.1. The second-order valence-electron chi connectivity index (χ2n) is 17.4. The van der Waals surface area contributed by atoms with Gasteiger partial charge in [-0.2, -0.15) is 0 Å². The Morgan fingerprint density at radius 3 is 2.38 bits per heavy atom. The van der Waals surface area contributed by atoms with E-state index in [1.165, 1.54) is 0 Å². The lowest BCUT2D eigenvalue weighted by molar-refractivity contribution is -0.292. The number of carbonyl (C=O) groups is 1. The van der Waals surface area contributed by atoms with E-state index < -0.39 is 18.0 Å². The van der Waals surface area contributed by atoms with Gasteiger partial charge < -0.3 is 53.5 Å². The SMILES string of the molecule is C=C1C[C@@H]2CC[C@@]34C[C@H]5O[C@@H]6[C@@H](O[C@H]7CC[C@H](CC(=O)C[C@@H]8[C@@H](OC)[C@@H](C[C@H](O)CN)O[C@H]8C[C@H]8O[C@@H](CC[C@@H]1O2)C[C@@H](C)C8=C)OC7[C@@H]6O3)[C@H]5O4. The van der Waals surface area contributed by atoms with Gasteiger partial charge in [0.2, 0.25) is 0 Å². The minimum atomic E-state index is -0.780. The number of Topliss-reactive ketones (excluding diaryl/α,β-unsaturated/α-hetero) is 1. The third-order valence-corrected chi connectivity index (χ3v) is 14.0. The Hall–Kier alpha value is -1.29. The van der Waals surface area contributed by atoms with Crippen molar-refractivity contribution in [3.63, 3.8) is 0 Å². The topological polar surface area (TPSA) is 146 Å². The summed E-state index contributed by atoms with van der Waals surface area (Å²) in [6.45, 7) is 11.3. The Morgan fingerprint density at radius 2 is 1.56 bits per heavy atom. The van der Waals surface area contributed by atoms with E-state index in [0.717, 1.165) is 56.1 Å². The first kappa shape index (κ1) is 36.4. The molecule has 12 nitrogen and oxygen atoms in total. The molecule has 3 N–H and O–H groups in total. The fourth-order valence-electron chi connectivity index (χ4n) is 11.3. The quantitative estimate of drug-likeness (QED) is 0.409. The van der Waals surface area contributed by atoms with Gasteiger partial charge in [-0.1, -0.05) is 20.1 Å². The standard InChI is InChI=1S/C40H59NO11/c1-19-11-24-5-7-28-20(2)12-26(45-28)9-10-40-17-33-36(51-40)37-38(50-33)39(52-40)35-29(49-37)8-6-25(47-35)13-22(42)14-27-31(16-30(46-24)21(19)3)48-32(34(27)44-4)15-23(43)18-41/h19,23-39,43H,2-3,5-18,41H2,1,4H3/t19-,23+,24+,25-,26+,27+,28+,29+,30-,31+,32-,33-,34-,35?,36+,37+,38-,39+,40+/m1/s1. The lowest BCUT2D eigenvalue weighted by Gasteiger charge is -2.47. The second-order valence-corrected chi connectivity index (χ2v) is 17.4. The zero-order chi connectivity index (χ0) is 35.9. The van der Waals surface area contributed by atoms with Crippen LogP contribution in [-0.4, -0.2) is 128 Å². The molecule has 0 aliphatic carbocycles. The number of aliphatic hydroxyl groups is 1. The van der Waals surface area contributed by atoms with Crippen molar-refractivity contribution >= 4 is 5.78 Å². The molecule has 12 bridgehead atoms. The van der Waals surface area contributed by atoms with Crippen LogP contribution in [0.25, 0.3) is 0 Å². The van der Waals surface area contributed by atoms with E-state index in [2.05, 4.69) is 20.1 Å². The molecule has 10 aliphatic rings. The van der Waals surface area contributed by atoms with Gasteiger partial charge in [0.05, 0.1) is 67.1 Å². The summed E-state index contributed by atoms with van der Waals surface area (Å²) >= 11 is 0. The molecule has 10 rings (SSSR count). The van der Waals surface area contributed by atoms with Crippen molar-refractivity contribution < 1.29 is 52.5 Å². The van der Waals surface area contributed by atoms with E-state index in [4.69, 9.17) is 48.4 Å². The number of nitrogens with two attached hydrogens (primary N) is 1. The van der Waals surface area contributed by atoms with Crippen molar-refractivity contribution in [2.75, 3.05) is 13.7 Å².